The summed E-state index contributed by atoms with van der Waals surface area (Å²) in [5.74, 6) is -0.0140. The predicted octanol–water partition coefficient (Wildman–Crippen LogP) is 6.86. The van der Waals surface area contributed by atoms with Gasteiger partial charge in [-0.15, -0.1) is 0 Å². The molecule has 1 aliphatic heterocycles. The summed E-state index contributed by atoms with van der Waals surface area (Å²) in [4.78, 5) is 16.6. The van der Waals surface area contributed by atoms with Gasteiger partial charge in [0.1, 0.15) is 3.82 Å². The Balaban J connectivity index is 1.99. The van der Waals surface area contributed by atoms with Gasteiger partial charge >= 0.3 is 0 Å². The predicted molar refractivity (Wildman–Crippen MR) is 112 cm³/mol. The summed E-state index contributed by atoms with van der Waals surface area (Å²) in [6, 6.07) is 15.6. The van der Waals surface area contributed by atoms with Gasteiger partial charge in [0.2, 0.25) is 0 Å². The highest BCUT2D eigenvalue weighted by molar-refractivity contribution is 9.10. The summed E-state index contributed by atoms with van der Waals surface area (Å²) in [6.07, 6.45) is 0. The van der Waals surface area contributed by atoms with E-state index in [0.29, 0.717) is 5.56 Å². The molecule has 2 heterocycles. The quantitative estimate of drug-likeness (QED) is 0.299. The van der Waals surface area contributed by atoms with E-state index in [1.54, 1.807) is 20.7 Å². The van der Waals surface area contributed by atoms with Gasteiger partial charge in [-0.3, -0.25) is 9.69 Å². The molecule has 0 aliphatic carbocycles. The highest BCUT2D eigenvalue weighted by Gasteiger charge is 2.43. The molecular formula is C19H14BrNOS3. The Morgan fingerprint density at radius 3 is 2.52 bits per heavy atom. The molecule has 0 atom stereocenters. The zero-order chi connectivity index (χ0) is 17.8. The first-order chi connectivity index (χ1) is 11.9. The van der Waals surface area contributed by atoms with Crippen molar-refractivity contribution in [2.75, 3.05) is 4.90 Å². The molecule has 0 saturated heterocycles. The van der Waals surface area contributed by atoms with Gasteiger partial charge < -0.3 is 0 Å². The van der Waals surface area contributed by atoms with Crippen molar-refractivity contribution in [2.24, 2.45) is 0 Å². The number of nitrogens with zero attached hydrogens (tertiary/aromatic N) is 1. The maximum Gasteiger partial charge on any atom is 0.260 e. The van der Waals surface area contributed by atoms with Crippen LogP contribution in [0, 0.1) is 3.82 Å². The number of anilines is 1. The van der Waals surface area contributed by atoms with E-state index in [2.05, 4.69) is 35.8 Å². The van der Waals surface area contributed by atoms with Crippen LogP contribution in [0.15, 0.2) is 53.0 Å². The molecule has 0 N–H and O–H groups in total. The van der Waals surface area contributed by atoms with Crippen LogP contribution in [0.5, 0.6) is 0 Å². The molecule has 25 heavy (non-hydrogen) atoms. The number of para-hydroxylation sites is 1. The molecule has 0 bridgehead atoms. The molecule has 3 aromatic rings. The van der Waals surface area contributed by atoms with E-state index in [-0.39, 0.29) is 5.91 Å². The zero-order valence-electron chi connectivity index (χ0n) is 13.6. The van der Waals surface area contributed by atoms with Crippen molar-refractivity contribution < 1.29 is 4.79 Å². The van der Waals surface area contributed by atoms with Crippen LogP contribution in [0.4, 0.5) is 5.69 Å². The largest absolute Gasteiger partial charge is 0.297 e. The molecule has 0 saturated carbocycles. The van der Waals surface area contributed by atoms with Gasteiger partial charge in [-0.25, -0.2) is 0 Å². The summed E-state index contributed by atoms with van der Waals surface area (Å²) in [7, 11) is 3.28. The van der Waals surface area contributed by atoms with Crippen molar-refractivity contribution in [3.63, 3.8) is 0 Å². The van der Waals surface area contributed by atoms with Crippen molar-refractivity contribution in [2.45, 2.75) is 19.4 Å². The fraction of sp³-hybridized carbons (Fsp3) is 0.158. The molecule has 2 aromatic carbocycles. The van der Waals surface area contributed by atoms with E-state index < -0.39 is 5.54 Å². The Morgan fingerprint density at radius 2 is 1.76 bits per heavy atom. The van der Waals surface area contributed by atoms with E-state index >= 15 is 0 Å². The molecule has 1 aromatic heterocycles. The average molecular weight is 448 g/mol. The first kappa shape index (κ1) is 17.1. The third kappa shape index (κ3) is 2.54. The summed E-state index contributed by atoms with van der Waals surface area (Å²) in [5, 5.41) is 0. The number of carbonyl (C=O) groups is 1. The number of amides is 1. The van der Waals surface area contributed by atoms with Crippen molar-refractivity contribution in [3.05, 3.63) is 67.3 Å². The van der Waals surface area contributed by atoms with Gasteiger partial charge in [0, 0.05) is 15.6 Å². The molecule has 0 fully saturated rings. The van der Waals surface area contributed by atoms with Gasteiger partial charge in [0.05, 0.1) is 21.7 Å². The smallest absolute Gasteiger partial charge is 0.260 e. The van der Waals surface area contributed by atoms with E-state index in [0.717, 1.165) is 30.0 Å². The molecule has 1 aliphatic rings. The van der Waals surface area contributed by atoms with Crippen LogP contribution in [0.1, 0.15) is 29.1 Å². The highest BCUT2D eigenvalue weighted by Crippen LogP contribution is 2.52. The average Bonchev–Trinajstić information content (AvgIpc) is 2.98. The van der Waals surface area contributed by atoms with Crippen LogP contribution in [-0.2, 0) is 5.54 Å². The van der Waals surface area contributed by atoms with Gasteiger partial charge in [-0.2, -0.15) is 0 Å². The van der Waals surface area contributed by atoms with Crippen LogP contribution in [0.2, 0.25) is 0 Å². The molecule has 0 spiro atoms. The van der Waals surface area contributed by atoms with Crippen LogP contribution in [0.25, 0.3) is 11.1 Å². The number of hydrogen-bond acceptors (Lipinski definition) is 4. The first-order valence-electron chi connectivity index (χ1n) is 7.75. The summed E-state index contributed by atoms with van der Waals surface area (Å²) in [6.45, 7) is 4.18. The zero-order valence-corrected chi connectivity index (χ0v) is 17.6. The Bertz CT molecular complexity index is 1050. The lowest BCUT2D eigenvalue weighted by Crippen LogP contribution is -2.47. The molecule has 6 heteroatoms. The van der Waals surface area contributed by atoms with Crippen molar-refractivity contribution in [3.8, 4) is 11.1 Å². The van der Waals surface area contributed by atoms with Crippen LogP contribution in [0.3, 0.4) is 0 Å². The highest BCUT2D eigenvalue weighted by atomic mass is 79.9. The minimum absolute atomic E-state index is 0.0140. The first-order valence-corrected chi connectivity index (χ1v) is 11.1. The Morgan fingerprint density at radius 1 is 1.08 bits per heavy atom. The molecule has 126 valence electrons. The summed E-state index contributed by atoms with van der Waals surface area (Å²) < 4.78 is 1.70. The second-order valence-corrected chi connectivity index (χ2v) is 10.0. The lowest BCUT2D eigenvalue weighted by atomic mass is 9.87. The fourth-order valence-corrected chi connectivity index (χ4v) is 7.03. The molecule has 2 nitrogen and oxygen atoms in total. The lowest BCUT2D eigenvalue weighted by molar-refractivity contribution is 0.0961. The molecule has 4 rings (SSSR count). The third-order valence-electron chi connectivity index (χ3n) is 4.47. The maximum absolute atomic E-state index is 13.5. The number of halogens is 1. The van der Waals surface area contributed by atoms with E-state index in [9.17, 15) is 4.79 Å². The monoisotopic (exact) mass is 447 g/mol. The van der Waals surface area contributed by atoms with Gasteiger partial charge in [-0.1, -0.05) is 63.2 Å². The normalized spacial score (nSPS) is 14.8. The second kappa shape index (κ2) is 6.13. The number of benzene rings is 2. The second-order valence-electron chi connectivity index (χ2n) is 6.35. The number of rotatable bonds is 1. The molecule has 1 amide bonds. The summed E-state index contributed by atoms with van der Waals surface area (Å²) >= 11 is 9.10. The van der Waals surface area contributed by atoms with Gasteiger partial charge in [-0.05, 0) is 48.0 Å². The van der Waals surface area contributed by atoms with Crippen molar-refractivity contribution in [1.29, 1.82) is 0 Å². The third-order valence-corrected chi connectivity index (χ3v) is 8.49. The number of carbonyl (C=O) groups excluding carboxylic acids is 1. The standard InChI is InChI=1S/C19H14BrNOS3/c1-19(2)16-15(18(23)25-24-16)12-8-4-6-10-14(12)21(19)17(22)11-7-3-5-9-13(11)20/h3-10H,1-2H3. The minimum Gasteiger partial charge on any atom is -0.297 e. The fourth-order valence-electron chi connectivity index (χ4n) is 3.30. The van der Waals surface area contributed by atoms with Crippen molar-refractivity contribution >= 4 is 60.4 Å². The number of hydrogen-bond donors (Lipinski definition) is 0. The topological polar surface area (TPSA) is 20.3 Å². The lowest BCUT2D eigenvalue weighted by Gasteiger charge is -2.43. The van der Waals surface area contributed by atoms with Crippen molar-refractivity contribution in [1.82, 2.24) is 0 Å². The van der Waals surface area contributed by atoms with Crippen LogP contribution in [-0.4, -0.2) is 5.91 Å². The van der Waals surface area contributed by atoms with E-state index in [1.165, 1.54) is 0 Å². The Labute approximate surface area is 167 Å². The van der Waals surface area contributed by atoms with Gasteiger partial charge in [0.15, 0.2) is 0 Å². The molecular weight excluding hydrogens is 434 g/mol. The van der Waals surface area contributed by atoms with E-state index in [1.807, 2.05) is 47.4 Å². The van der Waals surface area contributed by atoms with E-state index in [4.69, 9.17) is 12.2 Å². The van der Waals surface area contributed by atoms with Crippen LogP contribution < -0.4 is 4.90 Å². The summed E-state index contributed by atoms with van der Waals surface area (Å²) in [5.41, 5.74) is 3.26. The van der Waals surface area contributed by atoms with Crippen LogP contribution >= 0.6 is 48.8 Å². The maximum atomic E-state index is 13.5. The Hall–Kier alpha value is -1.34. The Kier molecular flexibility index (Phi) is 4.19. The molecule has 0 radical (unpaired) electrons. The number of fused-ring (bicyclic) bond motifs is 3. The van der Waals surface area contributed by atoms with Gasteiger partial charge in [0.25, 0.3) is 5.91 Å². The minimum atomic E-state index is -0.464. The SMILES string of the molecule is CC1(C)c2ssc(=S)c2-c2ccccc2N1C(=O)c1ccccc1Br. The molecule has 0 unspecified atom stereocenters.